The second-order valence-electron chi connectivity index (χ2n) is 16.7. The highest BCUT2D eigenvalue weighted by atomic mass is 15.0. The van der Waals surface area contributed by atoms with Crippen molar-refractivity contribution in [1.82, 2.24) is 9.13 Å². The zero-order valence-electron chi connectivity index (χ0n) is 34.4. The standard InChI is InChI=1S/C59H42N2/c1-37-34-38(2)57(39(3)35-37)42-28-33-51-52(36-42)59(41-26-31-44(32-27-41)61-55-22-12-8-16-47(55)48-17-9-13-23-56(48)61)50-19-5-4-18-49(50)58(51)40-24-29-43(30-25-40)60-53-20-10-6-14-45(53)46-15-7-11-21-54(46)60/h4-36H,1-3H3. The van der Waals surface area contributed by atoms with Crippen LogP contribution in [0.25, 0.3) is 110 Å². The van der Waals surface area contributed by atoms with Gasteiger partial charge < -0.3 is 9.13 Å². The average molecular weight is 779 g/mol. The van der Waals surface area contributed by atoms with Crippen LogP contribution in [0, 0.1) is 20.8 Å². The van der Waals surface area contributed by atoms with E-state index < -0.39 is 0 Å². The van der Waals surface area contributed by atoms with Gasteiger partial charge in [0.1, 0.15) is 0 Å². The molecule has 0 unspecified atom stereocenters. The van der Waals surface area contributed by atoms with E-state index in [4.69, 9.17) is 0 Å². The molecular weight excluding hydrogens is 737 g/mol. The van der Waals surface area contributed by atoms with Crippen molar-refractivity contribution in [3.05, 3.63) is 217 Å². The first-order valence-electron chi connectivity index (χ1n) is 21.3. The molecule has 0 radical (unpaired) electrons. The molecule has 2 heterocycles. The molecule has 0 atom stereocenters. The van der Waals surface area contributed by atoms with E-state index in [0.29, 0.717) is 0 Å². The minimum Gasteiger partial charge on any atom is -0.309 e. The number of nitrogens with zero attached hydrogens (tertiary/aromatic N) is 2. The van der Waals surface area contributed by atoms with Gasteiger partial charge in [0.05, 0.1) is 22.1 Å². The van der Waals surface area contributed by atoms with Crippen LogP contribution in [0.15, 0.2) is 200 Å². The van der Waals surface area contributed by atoms with Gasteiger partial charge in [-0.05, 0) is 141 Å². The molecule has 61 heavy (non-hydrogen) atoms. The summed E-state index contributed by atoms with van der Waals surface area (Å²) in [6.45, 7) is 6.69. The van der Waals surface area contributed by atoms with E-state index in [2.05, 4.69) is 230 Å². The van der Waals surface area contributed by atoms with Crippen molar-refractivity contribution >= 4 is 65.2 Å². The summed E-state index contributed by atoms with van der Waals surface area (Å²) >= 11 is 0. The predicted octanol–water partition coefficient (Wildman–Crippen LogP) is 16.1. The van der Waals surface area contributed by atoms with Gasteiger partial charge in [0, 0.05) is 32.9 Å². The van der Waals surface area contributed by atoms with Crippen LogP contribution in [0.5, 0.6) is 0 Å². The largest absolute Gasteiger partial charge is 0.309 e. The smallest absolute Gasteiger partial charge is 0.0541 e. The quantitative estimate of drug-likeness (QED) is 0.154. The van der Waals surface area contributed by atoms with E-state index in [1.165, 1.54) is 115 Å². The molecule has 12 rings (SSSR count). The highest BCUT2D eigenvalue weighted by molar-refractivity contribution is 6.22. The topological polar surface area (TPSA) is 9.86 Å². The zero-order chi connectivity index (χ0) is 40.8. The summed E-state index contributed by atoms with van der Waals surface area (Å²) in [4.78, 5) is 0. The zero-order valence-corrected chi connectivity index (χ0v) is 34.4. The Labute approximate surface area is 355 Å². The van der Waals surface area contributed by atoms with Crippen LogP contribution in [0.2, 0.25) is 0 Å². The van der Waals surface area contributed by atoms with Crippen molar-refractivity contribution in [2.75, 3.05) is 0 Å². The molecule has 2 nitrogen and oxygen atoms in total. The minimum absolute atomic E-state index is 1.15. The molecule has 0 aliphatic rings. The Morgan fingerprint density at radius 1 is 0.262 bits per heavy atom. The number of rotatable bonds is 5. The molecule has 0 saturated heterocycles. The normalized spacial score (nSPS) is 11.9. The van der Waals surface area contributed by atoms with E-state index in [-0.39, 0.29) is 0 Å². The average Bonchev–Trinajstić information content (AvgIpc) is 3.81. The Balaban J connectivity index is 1.08. The van der Waals surface area contributed by atoms with Crippen LogP contribution in [-0.4, -0.2) is 9.13 Å². The number of para-hydroxylation sites is 4. The number of hydrogen-bond acceptors (Lipinski definition) is 0. The highest BCUT2D eigenvalue weighted by Crippen LogP contribution is 2.46. The maximum absolute atomic E-state index is 2.46. The summed E-state index contributed by atoms with van der Waals surface area (Å²) in [5.41, 5.74) is 18.6. The molecular formula is C59H42N2. The monoisotopic (exact) mass is 778 g/mol. The Bertz CT molecular complexity index is 3580. The summed E-state index contributed by atoms with van der Waals surface area (Å²) in [7, 11) is 0. The number of aromatic nitrogens is 2. The molecule has 0 aliphatic carbocycles. The summed E-state index contributed by atoms with van der Waals surface area (Å²) in [5, 5.41) is 10.1. The van der Waals surface area contributed by atoms with Crippen LogP contribution < -0.4 is 0 Å². The molecule has 0 bridgehead atoms. The SMILES string of the molecule is Cc1cc(C)c(-c2ccc3c(-c4ccc(-n5c6ccccc6c6ccccc65)cc4)c4ccccc4c(-c4ccc(-n5c6ccccc6c6ccccc65)cc4)c3c2)c(C)c1. The van der Waals surface area contributed by atoms with Crippen molar-refractivity contribution in [1.29, 1.82) is 0 Å². The summed E-state index contributed by atoms with van der Waals surface area (Å²) in [5.74, 6) is 0. The molecule has 0 amide bonds. The molecule has 10 aromatic carbocycles. The van der Waals surface area contributed by atoms with Gasteiger partial charge >= 0.3 is 0 Å². The van der Waals surface area contributed by atoms with Gasteiger partial charge in [0.25, 0.3) is 0 Å². The first kappa shape index (κ1) is 35.3. The fourth-order valence-electron chi connectivity index (χ4n) is 10.5. The van der Waals surface area contributed by atoms with Crippen molar-refractivity contribution < 1.29 is 0 Å². The lowest BCUT2D eigenvalue weighted by molar-refractivity contribution is 1.18. The molecule has 12 aromatic rings. The summed E-state index contributed by atoms with van der Waals surface area (Å²) in [6.07, 6.45) is 0. The number of hydrogen-bond donors (Lipinski definition) is 0. The fourth-order valence-corrected chi connectivity index (χ4v) is 10.5. The Kier molecular flexibility index (Phi) is 7.92. The van der Waals surface area contributed by atoms with Crippen molar-refractivity contribution in [2.45, 2.75) is 20.8 Å². The number of fused-ring (bicyclic) bond motifs is 8. The second kappa shape index (κ2) is 13.7. The van der Waals surface area contributed by atoms with Gasteiger partial charge in [-0.2, -0.15) is 0 Å². The van der Waals surface area contributed by atoms with Gasteiger partial charge in [0.2, 0.25) is 0 Å². The van der Waals surface area contributed by atoms with Crippen molar-refractivity contribution in [3.8, 4) is 44.8 Å². The molecule has 0 saturated carbocycles. The van der Waals surface area contributed by atoms with E-state index in [1.54, 1.807) is 0 Å². The van der Waals surface area contributed by atoms with E-state index in [0.717, 1.165) is 11.4 Å². The lowest BCUT2D eigenvalue weighted by atomic mass is 9.84. The second-order valence-corrected chi connectivity index (χ2v) is 16.7. The van der Waals surface area contributed by atoms with Gasteiger partial charge in [0.15, 0.2) is 0 Å². The summed E-state index contributed by atoms with van der Waals surface area (Å²) < 4.78 is 4.80. The summed E-state index contributed by atoms with van der Waals surface area (Å²) in [6, 6.07) is 74.2. The minimum atomic E-state index is 1.15. The molecule has 0 aliphatic heterocycles. The Morgan fingerprint density at radius 2 is 0.590 bits per heavy atom. The maximum atomic E-state index is 2.46. The van der Waals surface area contributed by atoms with Gasteiger partial charge in [-0.1, -0.05) is 151 Å². The van der Waals surface area contributed by atoms with Crippen LogP contribution in [0.3, 0.4) is 0 Å². The first-order valence-corrected chi connectivity index (χ1v) is 21.3. The third kappa shape index (κ3) is 5.42. The highest BCUT2D eigenvalue weighted by Gasteiger charge is 2.20. The van der Waals surface area contributed by atoms with Crippen LogP contribution >= 0.6 is 0 Å². The third-order valence-corrected chi connectivity index (χ3v) is 13.0. The van der Waals surface area contributed by atoms with E-state index >= 15 is 0 Å². The van der Waals surface area contributed by atoms with Gasteiger partial charge in [-0.15, -0.1) is 0 Å². The van der Waals surface area contributed by atoms with E-state index in [1.807, 2.05) is 0 Å². The fraction of sp³-hybridized carbons (Fsp3) is 0.0508. The van der Waals surface area contributed by atoms with Crippen molar-refractivity contribution in [2.24, 2.45) is 0 Å². The predicted molar refractivity (Wildman–Crippen MR) is 261 cm³/mol. The first-order chi connectivity index (χ1) is 30.0. The third-order valence-electron chi connectivity index (χ3n) is 13.0. The van der Waals surface area contributed by atoms with Gasteiger partial charge in [-0.3, -0.25) is 0 Å². The van der Waals surface area contributed by atoms with Crippen LogP contribution in [-0.2, 0) is 0 Å². The number of benzene rings is 10. The molecule has 0 N–H and O–H groups in total. The Morgan fingerprint density at radius 3 is 1.00 bits per heavy atom. The number of aryl methyl sites for hydroxylation is 3. The van der Waals surface area contributed by atoms with Crippen LogP contribution in [0.1, 0.15) is 16.7 Å². The lowest BCUT2D eigenvalue weighted by Crippen LogP contribution is -1.96. The lowest BCUT2D eigenvalue weighted by Gasteiger charge is -2.20. The molecule has 2 heteroatoms. The molecule has 2 aromatic heterocycles. The van der Waals surface area contributed by atoms with Gasteiger partial charge in [-0.25, -0.2) is 0 Å². The molecule has 0 spiro atoms. The Hall–Kier alpha value is -7.68. The maximum Gasteiger partial charge on any atom is 0.0541 e. The molecule has 288 valence electrons. The van der Waals surface area contributed by atoms with Crippen LogP contribution in [0.4, 0.5) is 0 Å². The molecule has 0 fully saturated rings. The van der Waals surface area contributed by atoms with Crippen molar-refractivity contribution in [3.63, 3.8) is 0 Å². The van der Waals surface area contributed by atoms with E-state index in [9.17, 15) is 0 Å².